The number of hydrogen-bond donors (Lipinski definition) is 2. The summed E-state index contributed by atoms with van der Waals surface area (Å²) in [6.45, 7) is 7.04. The number of aryl methyl sites for hydroxylation is 1. The van der Waals surface area contributed by atoms with E-state index in [1.807, 2.05) is 17.8 Å². The standard InChI is InChI=1S/C15H24N4O2S.ClH/c1-10(2)13-11-9-12(22-15(11)19(3)18-13)14(20)17-6-5-16-7-8-21-4;/h9-10,16H,5-8H2,1-4H3,(H,17,20);1H. The van der Waals surface area contributed by atoms with Crippen molar-refractivity contribution in [2.45, 2.75) is 19.8 Å². The van der Waals surface area contributed by atoms with Gasteiger partial charge in [-0.25, -0.2) is 0 Å². The molecule has 0 aromatic carbocycles. The van der Waals surface area contributed by atoms with Crippen LogP contribution in [0.15, 0.2) is 6.07 Å². The van der Waals surface area contributed by atoms with Crippen LogP contribution in [0.2, 0.25) is 0 Å². The van der Waals surface area contributed by atoms with Gasteiger partial charge in [0, 0.05) is 39.2 Å². The summed E-state index contributed by atoms with van der Waals surface area (Å²) < 4.78 is 6.81. The van der Waals surface area contributed by atoms with Gasteiger partial charge in [-0.15, -0.1) is 23.7 Å². The summed E-state index contributed by atoms with van der Waals surface area (Å²) in [4.78, 5) is 14.0. The Labute approximate surface area is 147 Å². The van der Waals surface area contributed by atoms with Gasteiger partial charge < -0.3 is 15.4 Å². The number of ether oxygens (including phenoxy) is 1. The third kappa shape index (κ3) is 4.91. The minimum Gasteiger partial charge on any atom is -0.383 e. The summed E-state index contributed by atoms with van der Waals surface area (Å²) in [6, 6.07) is 1.95. The molecule has 0 radical (unpaired) electrons. The van der Waals surface area contributed by atoms with Crippen molar-refractivity contribution in [3.05, 3.63) is 16.6 Å². The zero-order chi connectivity index (χ0) is 16.1. The van der Waals surface area contributed by atoms with Gasteiger partial charge in [0.05, 0.1) is 17.2 Å². The van der Waals surface area contributed by atoms with Gasteiger partial charge in [0.2, 0.25) is 0 Å². The number of halogens is 1. The predicted octanol–water partition coefficient (Wildman–Crippen LogP) is 2.15. The minimum atomic E-state index is -0.0237. The maximum atomic E-state index is 12.2. The highest BCUT2D eigenvalue weighted by molar-refractivity contribution is 7.20. The van der Waals surface area contributed by atoms with Gasteiger partial charge in [0.1, 0.15) is 4.83 Å². The number of carbonyl (C=O) groups excluding carboxylic acids is 1. The van der Waals surface area contributed by atoms with Crippen LogP contribution in [0, 0.1) is 0 Å². The molecule has 8 heteroatoms. The first-order chi connectivity index (χ1) is 10.5. The molecule has 2 aromatic heterocycles. The molecular formula is C15H25ClN4O2S. The Hall–Kier alpha value is -1.15. The number of amides is 1. The first-order valence-electron chi connectivity index (χ1n) is 7.49. The summed E-state index contributed by atoms with van der Waals surface area (Å²) in [5.41, 5.74) is 1.05. The Bertz CT molecular complexity index is 639. The summed E-state index contributed by atoms with van der Waals surface area (Å²) in [6.07, 6.45) is 0. The number of carbonyl (C=O) groups is 1. The molecule has 23 heavy (non-hydrogen) atoms. The van der Waals surface area contributed by atoms with Crippen molar-refractivity contribution >= 4 is 39.9 Å². The number of hydrogen-bond acceptors (Lipinski definition) is 5. The summed E-state index contributed by atoms with van der Waals surface area (Å²) in [7, 11) is 3.59. The lowest BCUT2D eigenvalue weighted by atomic mass is 10.1. The maximum absolute atomic E-state index is 12.2. The Morgan fingerprint density at radius 2 is 2.13 bits per heavy atom. The van der Waals surface area contributed by atoms with Gasteiger partial charge >= 0.3 is 0 Å². The van der Waals surface area contributed by atoms with Crippen LogP contribution >= 0.6 is 23.7 Å². The molecule has 0 bridgehead atoms. The molecule has 0 saturated carbocycles. The van der Waals surface area contributed by atoms with E-state index in [1.54, 1.807) is 7.11 Å². The van der Waals surface area contributed by atoms with Crippen LogP contribution in [0.25, 0.3) is 10.2 Å². The third-order valence-electron chi connectivity index (χ3n) is 3.38. The second-order valence-corrected chi connectivity index (χ2v) is 6.52. The smallest absolute Gasteiger partial charge is 0.261 e. The van der Waals surface area contributed by atoms with Gasteiger partial charge in [-0.1, -0.05) is 13.8 Å². The normalized spacial score (nSPS) is 11.0. The second-order valence-electron chi connectivity index (χ2n) is 5.49. The highest BCUT2D eigenvalue weighted by Gasteiger charge is 2.18. The van der Waals surface area contributed by atoms with E-state index in [0.717, 1.165) is 33.9 Å². The van der Waals surface area contributed by atoms with E-state index in [4.69, 9.17) is 4.74 Å². The maximum Gasteiger partial charge on any atom is 0.261 e. The lowest BCUT2D eigenvalue weighted by Crippen LogP contribution is -2.32. The molecule has 2 aromatic rings. The number of nitrogens with zero attached hydrogens (tertiary/aromatic N) is 2. The topological polar surface area (TPSA) is 68.2 Å². The SMILES string of the molecule is COCCNCCNC(=O)c1cc2c(C(C)C)nn(C)c2s1.Cl. The van der Waals surface area contributed by atoms with Crippen LogP contribution in [0.1, 0.15) is 35.1 Å². The fraction of sp³-hybridized carbons (Fsp3) is 0.600. The molecule has 0 aliphatic rings. The largest absolute Gasteiger partial charge is 0.383 e. The van der Waals surface area contributed by atoms with E-state index >= 15 is 0 Å². The minimum absolute atomic E-state index is 0. The van der Waals surface area contributed by atoms with Crippen molar-refractivity contribution in [1.82, 2.24) is 20.4 Å². The average molecular weight is 361 g/mol. The molecule has 0 unspecified atom stereocenters. The van der Waals surface area contributed by atoms with Gasteiger partial charge in [-0.2, -0.15) is 5.10 Å². The van der Waals surface area contributed by atoms with Gasteiger partial charge in [-0.05, 0) is 12.0 Å². The van der Waals surface area contributed by atoms with Crippen LogP contribution in [0.4, 0.5) is 0 Å². The Kier molecular flexibility index (Phi) is 7.98. The lowest BCUT2D eigenvalue weighted by Gasteiger charge is -2.05. The number of aromatic nitrogens is 2. The van der Waals surface area contributed by atoms with E-state index in [0.29, 0.717) is 19.1 Å². The lowest BCUT2D eigenvalue weighted by molar-refractivity contribution is 0.0958. The Morgan fingerprint density at radius 1 is 1.39 bits per heavy atom. The van der Waals surface area contributed by atoms with Gasteiger partial charge in [-0.3, -0.25) is 9.48 Å². The van der Waals surface area contributed by atoms with Crippen LogP contribution < -0.4 is 10.6 Å². The molecule has 6 nitrogen and oxygen atoms in total. The molecule has 0 saturated heterocycles. The molecule has 0 aliphatic carbocycles. The number of nitrogens with one attached hydrogen (secondary N) is 2. The first kappa shape index (κ1) is 19.9. The van der Waals surface area contributed by atoms with E-state index < -0.39 is 0 Å². The highest BCUT2D eigenvalue weighted by atomic mass is 35.5. The zero-order valence-corrected chi connectivity index (χ0v) is 15.6. The van der Waals surface area contributed by atoms with Crippen LogP contribution in [-0.2, 0) is 11.8 Å². The summed E-state index contributed by atoms with van der Waals surface area (Å²) >= 11 is 1.49. The molecule has 0 spiro atoms. The zero-order valence-electron chi connectivity index (χ0n) is 14.0. The van der Waals surface area contributed by atoms with Crippen LogP contribution in [-0.4, -0.2) is 49.0 Å². The molecule has 2 N–H and O–H groups in total. The van der Waals surface area contributed by atoms with Crippen molar-refractivity contribution in [3.8, 4) is 0 Å². The van der Waals surface area contributed by atoms with Gasteiger partial charge in [0.25, 0.3) is 5.91 Å². The van der Waals surface area contributed by atoms with Crippen molar-refractivity contribution < 1.29 is 9.53 Å². The predicted molar refractivity (Wildman–Crippen MR) is 97.0 cm³/mol. The highest BCUT2D eigenvalue weighted by Crippen LogP contribution is 2.31. The number of methoxy groups -OCH3 is 1. The number of fused-ring (bicyclic) bond motifs is 1. The van der Waals surface area contributed by atoms with E-state index in [9.17, 15) is 4.79 Å². The molecule has 0 aliphatic heterocycles. The average Bonchev–Trinajstić information content (AvgIpc) is 3.03. The fourth-order valence-electron chi connectivity index (χ4n) is 2.26. The van der Waals surface area contributed by atoms with Gasteiger partial charge in [0.15, 0.2) is 0 Å². The van der Waals surface area contributed by atoms with Crippen molar-refractivity contribution in [2.24, 2.45) is 7.05 Å². The molecule has 0 atom stereocenters. The summed E-state index contributed by atoms with van der Waals surface area (Å²) in [5, 5.41) is 11.7. The van der Waals surface area contributed by atoms with E-state index in [2.05, 4.69) is 29.6 Å². The fourth-order valence-corrected chi connectivity index (χ4v) is 3.25. The summed E-state index contributed by atoms with van der Waals surface area (Å²) in [5.74, 6) is 0.323. The van der Waals surface area contributed by atoms with Crippen molar-refractivity contribution in [1.29, 1.82) is 0 Å². The van der Waals surface area contributed by atoms with E-state index in [1.165, 1.54) is 11.3 Å². The molecule has 130 valence electrons. The van der Waals surface area contributed by atoms with Crippen LogP contribution in [0.3, 0.4) is 0 Å². The van der Waals surface area contributed by atoms with E-state index in [-0.39, 0.29) is 18.3 Å². The first-order valence-corrected chi connectivity index (χ1v) is 8.30. The second kappa shape index (κ2) is 9.22. The Balaban J connectivity index is 0.00000264. The molecule has 1 amide bonds. The Morgan fingerprint density at radius 3 is 2.78 bits per heavy atom. The monoisotopic (exact) mass is 360 g/mol. The van der Waals surface area contributed by atoms with Crippen molar-refractivity contribution in [3.63, 3.8) is 0 Å². The number of rotatable bonds is 8. The molecular weight excluding hydrogens is 336 g/mol. The quantitative estimate of drug-likeness (QED) is 0.708. The molecule has 2 rings (SSSR count). The van der Waals surface area contributed by atoms with Crippen molar-refractivity contribution in [2.75, 3.05) is 33.4 Å². The molecule has 0 fully saturated rings. The number of thiophene rings is 1. The third-order valence-corrected chi connectivity index (χ3v) is 4.58. The van der Waals surface area contributed by atoms with Crippen LogP contribution in [0.5, 0.6) is 0 Å². The molecule has 2 heterocycles.